The summed E-state index contributed by atoms with van der Waals surface area (Å²) in [6.45, 7) is 1.64. The number of aromatic nitrogens is 2. The number of benzene rings is 1. The second-order valence-corrected chi connectivity index (χ2v) is 10.0. The van der Waals surface area contributed by atoms with Crippen LogP contribution in [-0.2, 0) is 11.3 Å². The Labute approximate surface area is 194 Å². The zero-order chi connectivity index (χ0) is 24.0. The Morgan fingerprint density at radius 3 is 2.64 bits per heavy atom. The average molecular weight is 486 g/mol. The van der Waals surface area contributed by atoms with Crippen molar-refractivity contribution in [2.75, 3.05) is 13.1 Å². The predicted molar refractivity (Wildman–Crippen MR) is 118 cm³/mol. The summed E-state index contributed by atoms with van der Waals surface area (Å²) in [7, 11) is 0. The van der Waals surface area contributed by atoms with Gasteiger partial charge >= 0.3 is 6.18 Å². The highest BCUT2D eigenvalue weighted by atomic mass is 35.5. The first-order chi connectivity index (χ1) is 15.4. The Morgan fingerprint density at radius 2 is 1.97 bits per heavy atom. The van der Waals surface area contributed by atoms with Crippen molar-refractivity contribution < 1.29 is 23.1 Å². The van der Waals surface area contributed by atoms with Gasteiger partial charge in [-0.25, -0.2) is 4.98 Å². The fourth-order valence-electron chi connectivity index (χ4n) is 5.56. The molecule has 1 amide bonds. The number of nitrogens with zero attached hydrogens (tertiary/aromatic N) is 3. The van der Waals surface area contributed by atoms with Gasteiger partial charge in [0.25, 0.3) is 5.56 Å². The molecule has 4 rings (SSSR count). The molecule has 1 aliphatic carbocycles. The van der Waals surface area contributed by atoms with Gasteiger partial charge in [0.05, 0.1) is 35.8 Å². The lowest BCUT2D eigenvalue weighted by Gasteiger charge is -2.52. The van der Waals surface area contributed by atoms with Crippen LogP contribution < -0.4 is 5.56 Å². The molecule has 2 fully saturated rings. The summed E-state index contributed by atoms with van der Waals surface area (Å²) in [5.41, 5.74) is -1.78. The summed E-state index contributed by atoms with van der Waals surface area (Å²) >= 11 is 5.98. The van der Waals surface area contributed by atoms with Crippen molar-refractivity contribution in [2.24, 2.45) is 11.3 Å². The van der Waals surface area contributed by atoms with Gasteiger partial charge in [-0.2, -0.15) is 13.2 Å². The molecule has 2 aromatic rings. The van der Waals surface area contributed by atoms with Gasteiger partial charge in [-0.15, -0.1) is 0 Å². The van der Waals surface area contributed by atoms with E-state index in [0.717, 1.165) is 12.8 Å². The molecule has 0 radical (unpaired) electrons. The average Bonchev–Trinajstić information content (AvgIpc) is 3.20. The summed E-state index contributed by atoms with van der Waals surface area (Å²) in [6, 6.07) is 4.81. The van der Waals surface area contributed by atoms with Gasteiger partial charge < -0.3 is 10.0 Å². The fraction of sp³-hybridized carbons (Fsp3) is 0.609. The highest BCUT2D eigenvalue weighted by Gasteiger charge is 2.56. The number of hydrogen-bond donors (Lipinski definition) is 1. The van der Waals surface area contributed by atoms with E-state index in [0.29, 0.717) is 28.8 Å². The van der Waals surface area contributed by atoms with Crippen LogP contribution in [0.2, 0.25) is 5.02 Å². The topological polar surface area (TPSA) is 75.4 Å². The summed E-state index contributed by atoms with van der Waals surface area (Å²) in [5.74, 6) is -1.71. The van der Waals surface area contributed by atoms with E-state index >= 15 is 0 Å². The van der Waals surface area contributed by atoms with Gasteiger partial charge in [-0.3, -0.25) is 14.2 Å². The minimum atomic E-state index is -4.41. The molecule has 1 aliphatic heterocycles. The number of alkyl halides is 3. The van der Waals surface area contributed by atoms with Gasteiger partial charge in [0.15, 0.2) is 0 Å². The van der Waals surface area contributed by atoms with E-state index in [-0.39, 0.29) is 31.6 Å². The summed E-state index contributed by atoms with van der Waals surface area (Å²) in [5, 5.41) is 12.7. The third-order valence-corrected chi connectivity index (χ3v) is 7.56. The molecule has 180 valence electrons. The number of carbonyl (C=O) groups excluding carboxylic acids is 1. The highest BCUT2D eigenvalue weighted by molar-refractivity contribution is 6.31. The first-order valence-corrected chi connectivity index (χ1v) is 11.5. The van der Waals surface area contributed by atoms with Crippen LogP contribution in [0.5, 0.6) is 0 Å². The molecule has 0 bridgehead atoms. The van der Waals surface area contributed by atoms with E-state index in [9.17, 15) is 27.9 Å². The predicted octanol–water partition coefficient (Wildman–Crippen LogP) is 4.16. The molecule has 1 N–H and O–H groups in total. The molecule has 2 heterocycles. The summed E-state index contributed by atoms with van der Waals surface area (Å²) < 4.78 is 39.8. The number of likely N-dealkylation sites (tertiary alicyclic amines) is 1. The third-order valence-electron chi connectivity index (χ3n) is 7.33. The number of fused-ring (bicyclic) bond motifs is 1. The Hall–Kier alpha value is -2.13. The molecular weight excluding hydrogens is 459 g/mol. The second kappa shape index (κ2) is 8.58. The van der Waals surface area contributed by atoms with Crippen LogP contribution in [-0.4, -0.2) is 50.3 Å². The third kappa shape index (κ3) is 4.62. The van der Waals surface area contributed by atoms with Crippen molar-refractivity contribution in [1.29, 1.82) is 0 Å². The van der Waals surface area contributed by atoms with Gasteiger partial charge in [0.1, 0.15) is 0 Å². The van der Waals surface area contributed by atoms with Gasteiger partial charge in [0.2, 0.25) is 5.91 Å². The molecule has 1 saturated heterocycles. The van der Waals surface area contributed by atoms with E-state index in [1.807, 2.05) is 0 Å². The maximum atomic E-state index is 13.1. The van der Waals surface area contributed by atoms with Crippen LogP contribution >= 0.6 is 11.6 Å². The first kappa shape index (κ1) is 24.0. The molecule has 1 saturated carbocycles. The summed E-state index contributed by atoms with van der Waals surface area (Å²) in [4.78, 5) is 31.6. The van der Waals surface area contributed by atoms with Crippen molar-refractivity contribution in [3.05, 3.63) is 39.9 Å². The summed E-state index contributed by atoms with van der Waals surface area (Å²) in [6.07, 6.45) is -1.00. The van der Waals surface area contributed by atoms with Crippen LogP contribution in [0, 0.1) is 11.3 Å². The molecule has 2 atom stereocenters. The maximum Gasteiger partial charge on any atom is 0.389 e. The first-order valence-electron chi connectivity index (χ1n) is 11.2. The van der Waals surface area contributed by atoms with Gasteiger partial charge in [0, 0.05) is 29.4 Å². The molecule has 2 unspecified atom stereocenters. The monoisotopic (exact) mass is 485 g/mol. The molecular formula is C23H27ClF3N3O3. The Kier molecular flexibility index (Phi) is 6.24. The Bertz CT molecular complexity index is 1110. The van der Waals surface area contributed by atoms with Crippen LogP contribution in [0.1, 0.15) is 45.4 Å². The van der Waals surface area contributed by atoms with Crippen LogP contribution in [0.15, 0.2) is 29.3 Å². The van der Waals surface area contributed by atoms with E-state index in [1.54, 1.807) is 18.2 Å². The maximum absolute atomic E-state index is 13.1. The Balaban J connectivity index is 1.60. The number of carbonyl (C=O) groups is 1. The molecule has 10 heteroatoms. The van der Waals surface area contributed by atoms with Crippen molar-refractivity contribution in [3.8, 4) is 0 Å². The van der Waals surface area contributed by atoms with Crippen molar-refractivity contribution in [1.82, 2.24) is 14.5 Å². The van der Waals surface area contributed by atoms with Crippen molar-refractivity contribution in [3.63, 3.8) is 0 Å². The standard InChI is InChI=1S/C23H27ClF3N3O3/c1-15(11-23(25,26)27)19(31)29-9-8-22(33,21(12-29)6-2-3-7-21)13-30-14-28-18-10-16(24)4-5-17(18)20(30)32/h4-5,10,14-15,33H,2-3,6-9,11-13H2,1H3. The van der Waals surface area contributed by atoms with E-state index < -0.39 is 35.4 Å². The van der Waals surface area contributed by atoms with E-state index in [2.05, 4.69) is 4.98 Å². The molecule has 1 spiro atoms. The van der Waals surface area contributed by atoms with Crippen molar-refractivity contribution >= 4 is 28.4 Å². The number of hydrogen-bond acceptors (Lipinski definition) is 4. The fourth-order valence-corrected chi connectivity index (χ4v) is 5.73. The zero-order valence-electron chi connectivity index (χ0n) is 18.4. The number of piperidine rings is 1. The van der Waals surface area contributed by atoms with Gasteiger partial charge in [-0.1, -0.05) is 31.4 Å². The quantitative estimate of drug-likeness (QED) is 0.705. The van der Waals surface area contributed by atoms with Crippen LogP contribution in [0.25, 0.3) is 10.9 Å². The molecule has 2 aliphatic rings. The molecule has 33 heavy (non-hydrogen) atoms. The highest BCUT2D eigenvalue weighted by Crippen LogP contribution is 2.51. The number of halogens is 4. The second-order valence-electron chi connectivity index (χ2n) is 9.59. The van der Waals surface area contributed by atoms with Gasteiger partial charge in [-0.05, 0) is 37.5 Å². The van der Waals surface area contributed by atoms with Crippen LogP contribution in [0.4, 0.5) is 13.2 Å². The minimum Gasteiger partial charge on any atom is -0.387 e. The lowest BCUT2D eigenvalue weighted by Crippen LogP contribution is -2.62. The number of amides is 1. The minimum absolute atomic E-state index is 0.0114. The smallest absolute Gasteiger partial charge is 0.387 e. The van der Waals surface area contributed by atoms with Crippen molar-refractivity contribution in [2.45, 2.75) is 63.8 Å². The lowest BCUT2D eigenvalue weighted by molar-refractivity contribution is -0.172. The Morgan fingerprint density at radius 1 is 1.27 bits per heavy atom. The molecule has 1 aromatic carbocycles. The van der Waals surface area contributed by atoms with Crippen LogP contribution in [0.3, 0.4) is 0 Å². The SMILES string of the molecule is CC(CC(F)(F)F)C(=O)N1CCC(O)(Cn2cnc3cc(Cl)ccc3c2=O)C2(CCCC2)C1. The lowest BCUT2D eigenvalue weighted by atomic mass is 9.65. The zero-order valence-corrected chi connectivity index (χ0v) is 19.1. The number of aliphatic hydroxyl groups is 1. The molecule has 1 aromatic heterocycles. The normalized spacial score (nSPS) is 23.9. The number of rotatable bonds is 4. The van der Waals surface area contributed by atoms with E-state index in [4.69, 9.17) is 11.6 Å². The van der Waals surface area contributed by atoms with E-state index in [1.165, 1.54) is 22.7 Å². The largest absolute Gasteiger partial charge is 0.389 e. The molecule has 6 nitrogen and oxygen atoms in total.